The fraction of sp³-hybridized carbons (Fsp3) is 0.125. The molecule has 1 heterocycles. The molecule has 0 saturated carbocycles. The Morgan fingerprint density at radius 2 is 2.42 bits per heavy atom. The van der Waals surface area contributed by atoms with Crippen LogP contribution in [0.4, 0.5) is 0 Å². The van der Waals surface area contributed by atoms with E-state index in [1.54, 1.807) is 6.07 Å². The van der Waals surface area contributed by atoms with Crippen LogP contribution in [0.25, 0.3) is 11.1 Å². The number of rotatable bonds is 2. The predicted molar refractivity (Wildman–Crippen MR) is 41.6 cm³/mol. The summed E-state index contributed by atoms with van der Waals surface area (Å²) in [7, 11) is 0. The summed E-state index contributed by atoms with van der Waals surface area (Å²) < 4.78 is 4.83. The maximum atomic E-state index is 10.3. The van der Waals surface area contributed by atoms with E-state index >= 15 is 0 Å². The Kier molecular flexibility index (Phi) is 1.59. The number of fused-ring (bicyclic) bond motifs is 1. The van der Waals surface area contributed by atoms with E-state index in [0.29, 0.717) is 17.5 Å². The number of aldehydes is 1. The van der Waals surface area contributed by atoms with Crippen molar-refractivity contribution in [1.29, 1.82) is 0 Å². The highest BCUT2D eigenvalue weighted by Crippen LogP contribution is 2.14. The number of carbonyl (C=O) groups is 1. The van der Waals surface area contributed by atoms with Crippen LogP contribution in [0.1, 0.15) is 5.56 Å². The van der Waals surface area contributed by atoms with Gasteiger partial charge < -0.3 is 9.32 Å². The number of hydrogen-bond acceptors (Lipinski definition) is 4. The van der Waals surface area contributed by atoms with Gasteiger partial charge in [0.25, 0.3) is 0 Å². The van der Waals surface area contributed by atoms with Crippen LogP contribution < -0.4 is 0 Å². The van der Waals surface area contributed by atoms with Crippen LogP contribution in [0.5, 0.6) is 0 Å². The third kappa shape index (κ3) is 0.972. The average Bonchev–Trinajstić information content (AvgIpc) is 2.53. The minimum Gasteiger partial charge on any atom is -0.337 e. The highest BCUT2D eigenvalue weighted by molar-refractivity contribution is 5.78. The SMILES string of the molecule is O=CCc1cccc2onnc12. The highest BCUT2D eigenvalue weighted by Gasteiger charge is 2.04. The first-order valence-electron chi connectivity index (χ1n) is 3.55. The van der Waals surface area contributed by atoms with Gasteiger partial charge in [-0.25, -0.2) is 0 Å². The zero-order valence-corrected chi connectivity index (χ0v) is 6.23. The van der Waals surface area contributed by atoms with Gasteiger partial charge in [0.05, 0.1) is 0 Å². The van der Waals surface area contributed by atoms with Crippen molar-refractivity contribution in [3.63, 3.8) is 0 Å². The van der Waals surface area contributed by atoms with Crippen molar-refractivity contribution in [3.05, 3.63) is 23.8 Å². The molecule has 2 aromatic rings. The van der Waals surface area contributed by atoms with Gasteiger partial charge >= 0.3 is 0 Å². The van der Waals surface area contributed by atoms with Gasteiger partial charge in [-0.2, -0.15) is 0 Å². The predicted octanol–water partition coefficient (Wildman–Crippen LogP) is 0.964. The lowest BCUT2D eigenvalue weighted by Gasteiger charge is -1.91. The van der Waals surface area contributed by atoms with Crippen molar-refractivity contribution >= 4 is 17.4 Å². The minimum absolute atomic E-state index is 0.353. The largest absolute Gasteiger partial charge is 0.337 e. The Hall–Kier alpha value is -1.71. The van der Waals surface area contributed by atoms with Crippen molar-refractivity contribution in [2.45, 2.75) is 6.42 Å². The Bertz CT molecular complexity index is 408. The highest BCUT2D eigenvalue weighted by atomic mass is 16.5. The quantitative estimate of drug-likeness (QED) is 0.617. The molecule has 0 atom stereocenters. The third-order valence-corrected chi connectivity index (χ3v) is 1.67. The summed E-state index contributed by atoms with van der Waals surface area (Å²) in [5.41, 5.74) is 2.14. The van der Waals surface area contributed by atoms with E-state index in [-0.39, 0.29) is 0 Å². The monoisotopic (exact) mass is 162 g/mol. The topological polar surface area (TPSA) is 56.0 Å². The van der Waals surface area contributed by atoms with Gasteiger partial charge in [0, 0.05) is 11.7 Å². The van der Waals surface area contributed by atoms with Crippen molar-refractivity contribution < 1.29 is 9.32 Å². The number of benzene rings is 1. The summed E-state index contributed by atoms with van der Waals surface area (Å²) in [6.45, 7) is 0. The van der Waals surface area contributed by atoms with Gasteiger partial charge in [-0.3, -0.25) is 0 Å². The molecule has 4 heteroatoms. The molecule has 0 radical (unpaired) electrons. The molecule has 4 nitrogen and oxygen atoms in total. The van der Waals surface area contributed by atoms with Crippen LogP contribution in [0.3, 0.4) is 0 Å². The molecule has 0 unspecified atom stereocenters. The summed E-state index contributed by atoms with van der Waals surface area (Å²) in [6.07, 6.45) is 1.19. The first kappa shape index (κ1) is 6.97. The fourth-order valence-electron chi connectivity index (χ4n) is 1.11. The van der Waals surface area contributed by atoms with Gasteiger partial charge in [0.2, 0.25) is 0 Å². The minimum atomic E-state index is 0.353. The van der Waals surface area contributed by atoms with Gasteiger partial charge in [-0.05, 0) is 11.6 Å². The Morgan fingerprint density at radius 1 is 1.50 bits per heavy atom. The van der Waals surface area contributed by atoms with E-state index in [2.05, 4.69) is 10.4 Å². The van der Waals surface area contributed by atoms with Gasteiger partial charge in [-0.15, -0.1) is 5.10 Å². The Balaban J connectivity index is 2.65. The van der Waals surface area contributed by atoms with Crippen LogP contribution in [0.2, 0.25) is 0 Å². The second-order valence-corrected chi connectivity index (χ2v) is 2.41. The molecular weight excluding hydrogens is 156 g/mol. The maximum Gasteiger partial charge on any atom is 0.187 e. The van der Waals surface area contributed by atoms with E-state index in [1.165, 1.54) is 0 Å². The maximum absolute atomic E-state index is 10.3. The molecule has 2 rings (SSSR count). The zero-order chi connectivity index (χ0) is 8.39. The Labute approximate surface area is 68.2 Å². The fourth-order valence-corrected chi connectivity index (χ4v) is 1.11. The number of carbonyl (C=O) groups excluding carboxylic acids is 1. The lowest BCUT2D eigenvalue weighted by molar-refractivity contribution is -0.107. The molecule has 0 N–H and O–H groups in total. The second kappa shape index (κ2) is 2.73. The molecule has 0 fully saturated rings. The zero-order valence-electron chi connectivity index (χ0n) is 6.23. The van der Waals surface area contributed by atoms with Crippen LogP contribution in [-0.4, -0.2) is 16.7 Å². The summed E-state index contributed by atoms with van der Waals surface area (Å²) >= 11 is 0. The van der Waals surface area contributed by atoms with E-state index < -0.39 is 0 Å². The molecule has 0 bridgehead atoms. The third-order valence-electron chi connectivity index (χ3n) is 1.67. The molecular formula is C8H6N2O2. The normalized spacial score (nSPS) is 10.3. The van der Waals surface area contributed by atoms with E-state index in [4.69, 9.17) is 4.52 Å². The summed E-state index contributed by atoms with van der Waals surface area (Å²) in [6, 6.07) is 5.42. The summed E-state index contributed by atoms with van der Waals surface area (Å²) in [5.74, 6) is 0. The van der Waals surface area contributed by atoms with Gasteiger partial charge in [0.15, 0.2) is 5.58 Å². The Morgan fingerprint density at radius 3 is 3.25 bits per heavy atom. The number of nitrogens with zero attached hydrogens (tertiary/aromatic N) is 2. The van der Waals surface area contributed by atoms with Crippen molar-refractivity contribution in [1.82, 2.24) is 10.4 Å². The van der Waals surface area contributed by atoms with E-state index in [0.717, 1.165) is 11.8 Å². The smallest absolute Gasteiger partial charge is 0.187 e. The van der Waals surface area contributed by atoms with Crippen LogP contribution in [0.15, 0.2) is 22.7 Å². The number of aromatic nitrogens is 2. The molecule has 1 aromatic carbocycles. The van der Waals surface area contributed by atoms with Crippen LogP contribution in [-0.2, 0) is 11.2 Å². The molecule has 60 valence electrons. The summed E-state index contributed by atoms with van der Waals surface area (Å²) in [4.78, 5) is 10.3. The van der Waals surface area contributed by atoms with Gasteiger partial charge in [0.1, 0.15) is 11.8 Å². The lowest BCUT2D eigenvalue weighted by atomic mass is 10.1. The number of hydrogen-bond donors (Lipinski definition) is 0. The van der Waals surface area contributed by atoms with E-state index in [1.807, 2.05) is 12.1 Å². The molecule has 0 spiro atoms. The van der Waals surface area contributed by atoms with Crippen molar-refractivity contribution in [2.75, 3.05) is 0 Å². The molecule has 1 aromatic heterocycles. The van der Waals surface area contributed by atoms with Crippen LogP contribution >= 0.6 is 0 Å². The molecule has 0 amide bonds. The summed E-state index contributed by atoms with van der Waals surface area (Å²) in [5, 5.41) is 7.16. The standard InChI is InChI=1S/C8H6N2O2/c11-5-4-6-2-1-3-7-8(6)9-10-12-7/h1-3,5H,4H2. The first-order valence-corrected chi connectivity index (χ1v) is 3.55. The molecule has 0 aliphatic carbocycles. The van der Waals surface area contributed by atoms with Crippen LogP contribution in [0, 0.1) is 0 Å². The molecule has 12 heavy (non-hydrogen) atoms. The van der Waals surface area contributed by atoms with Crippen molar-refractivity contribution in [2.24, 2.45) is 0 Å². The average molecular weight is 162 g/mol. The molecule has 0 aliphatic heterocycles. The molecule has 0 aliphatic rings. The molecule has 0 saturated heterocycles. The lowest BCUT2D eigenvalue weighted by Crippen LogP contribution is -1.86. The first-order chi connectivity index (χ1) is 5.92. The van der Waals surface area contributed by atoms with Gasteiger partial charge in [-0.1, -0.05) is 12.1 Å². The van der Waals surface area contributed by atoms with E-state index in [9.17, 15) is 4.79 Å². The second-order valence-electron chi connectivity index (χ2n) is 2.41. The van der Waals surface area contributed by atoms with Crippen molar-refractivity contribution in [3.8, 4) is 0 Å².